The van der Waals surface area contributed by atoms with Gasteiger partial charge in [0, 0.05) is 44.5 Å². The minimum atomic E-state index is -3.32. The van der Waals surface area contributed by atoms with Crippen molar-refractivity contribution >= 4 is 32.6 Å². The average molecular weight is 435 g/mol. The van der Waals surface area contributed by atoms with E-state index in [4.69, 9.17) is 4.74 Å². The molecule has 8 nitrogen and oxygen atoms in total. The van der Waals surface area contributed by atoms with Gasteiger partial charge in [-0.25, -0.2) is 18.4 Å². The van der Waals surface area contributed by atoms with Crippen molar-refractivity contribution in [3.05, 3.63) is 23.9 Å². The number of fused-ring (bicyclic) bond motifs is 1. The van der Waals surface area contributed by atoms with Gasteiger partial charge in [-0.15, -0.1) is 0 Å². The monoisotopic (exact) mass is 434 g/mol. The van der Waals surface area contributed by atoms with Gasteiger partial charge in [0.2, 0.25) is 11.9 Å². The van der Waals surface area contributed by atoms with E-state index in [2.05, 4.69) is 15.3 Å². The van der Waals surface area contributed by atoms with Crippen LogP contribution >= 0.6 is 0 Å². The average Bonchev–Trinajstić information content (AvgIpc) is 2.72. The number of aromatic nitrogens is 2. The number of nitrogens with one attached hydrogen (secondary N) is 1. The summed E-state index contributed by atoms with van der Waals surface area (Å²) in [5, 5.41) is 3.82. The fourth-order valence-electron chi connectivity index (χ4n) is 3.67. The normalized spacial score (nSPS) is 17.3. The summed E-state index contributed by atoms with van der Waals surface area (Å²) in [5.74, 6) is 0.473. The maximum absolute atomic E-state index is 12.6. The van der Waals surface area contributed by atoms with Gasteiger partial charge in [0.15, 0.2) is 9.84 Å². The summed E-state index contributed by atoms with van der Waals surface area (Å²) in [4.78, 5) is 24.1. The van der Waals surface area contributed by atoms with Crippen LogP contribution in [0.15, 0.2) is 23.1 Å². The summed E-state index contributed by atoms with van der Waals surface area (Å²) in [6.07, 6.45) is 3.69. The highest BCUT2D eigenvalue weighted by molar-refractivity contribution is 7.90. The number of anilines is 1. The van der Waals surface area contributed by atoms with Crippen molar-refractivity contribution in [2.45, 2.75) is 38.0 Å². The highest BCUT2D eigenvalue weighted by Gasteiger charge is 2.27. The Hall–Kier alpha value is -2.26. The van der Waals surface area contributed by atoms with E-state index in [-0.39, 0.29) is 16.7 Å². The first kappa shape index (κ1) is 22.4. The number of amides is 1. The number of nitrogens with zero attached hydrogens (tertiary/aromatic N) is 3. The van der Waals surface area contributed by atoms with Crippen molar-refractivity contribution in [3.63, 3.8) is 0 Å². The smallest absolute Gasteiger partial charge is 0.226 e. The quantitative estimate of drug-likeness (QED) is 0.635. The highest BCUT2D eigenvalue weighted by atomic mass is 32.2. The van der Waals surface area contributed by atoms with E-state index < -0.39 is 9.84 Å². The number of hydrogen-bond donors (Lipinski definition) is 1. The molecule has 1 aromatic heterocycles. The van der Waals surface area contributed by atoms with Crippen molar-refractivity contribution in [2.24, 2.45) is 5.92 Å². The second kappa shape index (κ2) is 9.70. The number of benzene rings is 1. The van der Waals surface area contributed by atoms with Crippen molar-refractivity contribution in [2.75, 3.05) is 44.0 Å². The van der Waals surface area contributed by atoms with Crippen molar-refractivity contribution in [1.29, 1.82) is 0 Å². The number of hydrogen-bond acceptors (Lipinski definition) is 7. The molecule has 0 radical (unpaired) electrons. The van der Waals surface area contributed by atoms with Crippen LogP contribution in [0.2, 0.25) is 0 Å². The molecule has 3 rings (SSSR count). The first-order chi connectivity index (χ1) is 14.3. The Morgan fingerprint density at radius 3 is 2.87 bits per heavy atom. The molecule has 164 valence electrons. The number of sulfone groups is 1. The van der Waals surface area contributed by atoms with Gasteiger partial charge in [-0.2, -0.15) is 0 Å². The van der Waals surface area contributed by atoms with Gasteiger partial charge in [-0.3, -0.25) is 4.79 Å². The predicted molar refractivity (Wildman–Crippen MR) is 116 cm³/mol. The fourth-order valence-corrected chi connectivity index (χ4v) is 4.31. The van der Waals surface area contributed by atoms with E-state index in [0.29, 0.717) is 37.8 Å². The number of aryl methyl sites for hydroxylation is 1. The molecule has 0 bridgehead atoms. The molecule has 1 N–H and O–H groups in total. The summed E-state index contributed by atoms with van der Waals surface area (Å²) in [7, 11) is -3.32. The lowest BCUT2D eigenvalue weighted by atomic mass is 9.97. The number of ether oxygens (including phenoxy) is 1. The first-order valence-corrected chi connectivity index (χ1v) is 12.3. The Bertz CT molecular complexity index is 1010. The number of piperidine rings is 1. The van der Waals surface area contributed by atoms with Gasteiger partial charge in [-0.05, 0) is 51.3 Å². The maximum Gasteiger partial charge on any atom is 0.226 e. The summed E-state index contributed by atoms with van der Waals surface area (Å²) in [6, 6.07) is 4.93. The van der Waals surface area contributed by atoms with E-state index in [1.165, 1.54) is 6.26 Å². The van der Waals surface area contributed by atoms with Gasteiger partial charge in [-0.1, -0.05) is 0 Å². The highest BCUT2D eigenvalue weighted by Crippen LogP contribution is 2.25. The molecule has 0 saturated carbocycles. The number of rotatable bonds is 8. The predicted octanol–water partition coefficient (Wildman–Crippen LogP) is 2.10. The van der Waals surface area contributed by atoms with Crippen LogP contribution in [0.4, 0.5) is 5.95 Å². The maximum atomic E-state index is 12.6. The van der Waals surface area contributed by atoms with Crippen LogP contribution in [-0.2, 0) is 19.4 Å². The largest absolute Gasteiger partial charge is 0.382 e. The zero-order chi connectivity index (χ0) is 21.7. The van der Waals surface area contributed by atoms with E-state index in [0.717, 1.165) is 36.9 Å². The lowest BCUT2D eigenvalue weighted by molar-refractivity contribution is -0.125. The SMILES string of the molecule is CCOCCCNC(=O)C1CCCN(c2nc(C)c3ccc(S(C)(=O)=O)cc3n2)C1. The lowest BCUT2D eigenvalue weighted by Gasteiger charge is -2.32. The minimum Gasteiger partial charge on any atom is -0.382 e. The molecule has 0 aliphatic carbocycles. The summed E-state index contributed by atoms with van der Waals surface area (Å²) >= 11 is 0. The van der Waals surface area contributed by atoms with Crippen molar-refractivity contribution in [1.82, 2.24) is 15.3 Å². The Morgan fingerprint density at radius 2 is 2.13 bits per heavy atom. The van der Waals surface area contributed by atoms with E-state index in [1.54, 1.807) is 18.2 Å². The van der Waals surface area contributed by atoms with E-state index in [9.17, 15) is 13.2 Å². The van der Waals surface area contributed by atoms with Crippen LogP contribution in [0, 0.1) is 12.8 Å². The third-order valence-corrected chi connectivity index (χ3v) is 6.43. The third kappa shape index (κ3) is 5.46. The Labute approximate surface area is 178 Å². The molecule has 1 aliphatic rings. The minimum absolute atomic E-state index is 0.0491. The fraction of sp³-hybridized carbons (Fsp3) is 0.571. The number of carbonyl (C=O) groups is 1. The topological polar surface area (TPSA) is 101 Å². The van der Waals surface area contributed by atoms with E-state index in [1.807, 2.05) is 18.7 Å². The van der Waals surface area contributed by atoms with Crippen LogP contribution in [0.25, 0.3) is 10.9 Å². The number of carbonyl (C=O) groups excluding carboxylic acids is 1. The van der Waals surface area contributed by atoms with E-state index >= 15 is 0 Å². The molecule has 9 heteroatoms. The molecule has 2 heterocycles. The standard InChI is InChI=1S/C21H30N4O4S/c1-4-29-12-6-10-22-20(26)16-7-5-11-25(14-16)21-23-15(2)18-9-8-17(30(3,27)28)13-19(18)24-21/h8-9,13,16H,4-7,10-12,14H2,1-3H3,(H,22,26). The molecule has 1 atom stereocenters. The summed E-state index contributed by atoms with van der Waals surface area (Å²) < 4.78 is 29.1. The van der Waals surface area contributed by atoms with Crippen LogP contribution in [0.3, 0.4) is 0 Å². The molecule has 1 fully saturated rings. The Kier molecular flexibility index (Phi) is 7.25. The first-order valence-electron chi connectivity index (χ1n) is 10.4. The molecular formula is C21H30N4O4S. The molecule has 1 saturated heterocycles. The van der Waals surface area contributed by atoms with Crippen molar-refractivity contribution < 1.29 is 17.9 Å². The summed E-state index contributed by atoms with van der Waals surface area (Å²) in [5.41, 5.74) is 1.39. The van der Waals surface area contributed by atoms with Crippen molar-refractivity contribution in [3.8, 4) is 0 Å². The van der Waals surface area contributed by atoms with Gasteiger partial charge >= 0.3 is 0 Å². The van der Waals surface area contributed by atoms with Crippen LogP contribution < -0.4 is 10.2 Å². The van der Waals surface area contributed by atoms with Crippen LogP contribution in [0.5, 0.6) is 0 Å². The van der Waals surface area contributed by atoms with Gasteiger partial charge in [0.25, 0.3) is 0 Å². The molecule has 1 aliphatic heterocycles. The molecule has 2 aromatic rings. The zero-order valence-corrected chi connectivity index (χ0v) is 18.7. The Balaban J connectivity index is 1.73. The molecule has 1 unspecified atom stereocenters. The zero-order valence-electron chi connectivity index (χ0n) is 17.8. The van der Waals surface area contributed by atoms with Crippen LogP contribution in [-0.4, -0.2) is 63.4 Å². The molecular weight excluding hydrogens is 404 g/mol. The van der Waals surface area contributed by atoms with Gasteiger partial charge in [0.05, 0.1) is 22.0 Å². The third-order valence-electron chi connectivity index (χ3n) is 5.32. The molecule has 1 amide bonds. The summed E-state index contributed by atoms with van der Waals surface area (Å²) in [6.45, 7) is 7.09. The Morgan fingerprint density at radius 1 is 1.33 bits per heavy atom. The second-order valence-corrected chi connectivity index (χ2v) is 9.70. The molecule has 0 spiro atoms. The lowest BCUT2D eigenvalue weighted by Crippen LogP contribution is -2.44. The van der Waals surface area contributed by atoms with Gasteiger partial charge < -0.3 is 15.0 Å². The second-order valence-electron chi connectivity index (χ2n) is 7.69. The molecule has 1 aromatic carbocycles. The van der Waals surface area contributed by atoms with Crippen LogP contribution in [0.1, 0.15) is 31.9 Å². The van der Waals surface area contributed by atoms with Gasteiger partial charge in [0.1, 0.15) is 0 Å². The molecule has 30 heavy (non-hydrogen) atoms.